The number of benzene rings is 1. The van der Waals surface area contributed by atoms with Crippen molar-refractivity contribution >= 4 is 11.4 Å². The van der Waals surface area contributed by atoms with Gasteiger partial charge in [0.15, 0.2) is 0 Å². The van der Waals surface area contributed by atoms with E-state index in [2.05, 4.69) is 11.0 Å². The maximum absolute atomic E-state index is 9.58. The molecule has 1 fully saturated rings. The van der Waals surface area contributed by atoms with Crippen LogP contribution in [0.5, 0.6) is 0 Å². The molecule has 0 spiro atoms. The molecule has 0 bridgehead atoms. The van der Waals surface area contributed by atoms with Crippen molar-refractivity contribution < 1.29 is 5.11 Å². The van der Waals surface area contributed by atoms with Gasteiger partial charge in [0, 0.05) is 13.1 Å². The Hall–Kier alpha value is -1.73. The van der Waals surface area contributed by atoms with Crippen LogP contribution in [0.25, 0.3) is 0 Å². The number of nitrogens with two attached hydrogens (primary N) is 1. The first-order chi connectivity index (χ1) is 8.61. The highest BCUT2D eigenvalue weighted by Gasteiger charge is 2.23. The number of nitrogen functional groups attached to an aromatic ring is 1. The molecule has 1 unspecified atom stereocenters. The normalized spacial score (nSPS) is 18.4. The second kappa shape index (κ2) is 5.28. The molecule has 4 nitrogen and oxygen atoms in total. The van der Waals surface area contributed by atoms with Crippen LogP contribution in [-0.2, 0) is 0 Å². The first kappa shape index (κ1) is 12.7. The first-order valence-corrected chi connectivity index (χ1v) is 6.34. The molecule has 1 aliphatic heterocycles. The van der Waals surface area contributed by atoms with Crippen LogP contribution in [0.1, 0.15) is 25.3 Å². The predicted molar refractivity (Wildman–Crippen MR) is 72.2 cm³/mol. The fourth-order valence-corrected chi connectivity index (χ4v) is 2.51. The van der Waals surface area contributed by atoms with Crippen molar-refractivity contribution in [2.75, 3.05) is 23.7 Å². The molecule has 4 heteroatoms. The molecule has 1 aromatic carbocycles. The van der Waals surface area contributed by atoms with E-state index in [1.807, 2.05) is 13.0 Å². The van der Waals surface area contributed by atoms with Crippen LogP contribution in [0.2, 0.25) is 0 Å². The maximum Gasteiger partial charge on any atom is 0.0992 e. The number of rotatable bonds is 2. The van der Waals surface area contributed by atoms with E-state index in [4.69, 9.17) is 11.0 Å². The summed E-state index contributed by atoms with van der Waals surface area (Å²) >= 11 is 0. The van der Waals surface area contributed by atoms with Crippen LogP contribution in [0, 0.1) is 17.2 Å². The smallest absolute Gasteiger partial charge is 0.0992 e. The highest BCUT2D eigenvalue weighted by molar-refractivity contribution is 5.69. The summed E-state index contributed by atoms with van der Waals surface area (Å²) in [7, 11) is 0. The van der Waals surface area contributed by atoms with Crippen LogP contribution in [0.3, 0.4) is 0 Å². The number of anilines is 2. The van der Waals surface area contributed by atoms with Gasteiger partial charge < -0.3 is 15.7 Å². The number of piperidine rings is 1. The minimum Gasteiger partial charge on any atom is -0.397 e. The highest BCUT2D eigenvalue weighted by Crippen LogP contribution is 2.29. The van der Waals surface area contributed by atoms with Crippen molar-refractivity contribution in [3.05, 3.63) is 23.8 Å². The molecule has 1 atom stereocenters. The van der Waals surface area contributed by atoms with Crippen molar-refractivity contribution in [2.45, 2.75) is 25.9 Å². The Labute approximate surface area is 108 Å². The third-order valence-electron chi connectivity index (χ3n) is 3.72. The Bertz CT molecular complexity index is 457. The molecular weight excluding hydrogens is 226 g/mol. The van der Waals surface area contributed by atoms with Gasteiger partial charge in [0.1, 0.15) is 0 Å². The zero-order chi connectivity index (χ0) is 13.1. The molecule has 3 N–H and O–H groups in total. The Morgan fingerprint density at radius 2 is 2.11 bits per heavy atom. The summed E-state index contributed by atoms with van der Waals surface area (Å²) in [5.41, 5.74) is 8.26. The van der Waals surface area contributed by atoms with E-state index in [1.54, 1.807) is 12.1 Å². The number of hydrogen-bond donors (Lipinski definition) is 2. The summed E-state index contributed by atoms with van der Waals surface area (Å²) < 4.78 is 0. The lowest BCUT2D eigenvalue weighted by Gasteiger charge is -2.35. The van der Waals surface area contributed by atoms with Gasteiger partial charge in [0.25, 0.3) is 0 Å². The number of hydrogen-bond acceptors (Lipinski definition) is 4. The summed E-state index contributed by atoms with van der Waals surface area (Å²) in [6, 6.07) is 7.51. The van der Waals surface area contributed by atoms with Crippen LogP contribution in [0.15, 0.2) is 18.2 Å². The van der Waals surface area contributed by atoms with E-state index in [9.17, 15) is 5.11 Å². The number of nitrogens with zero attached hydrogens (tertiary/aromatic N) is 2. The molecule has 2 rings (SSSR count). The number of nitriles is 1. The molecule has 0 aliphatic carbocycles. The number of aliphatic hydroxyl groups is 1. The number of aliphatic hydroxyl groups excluding tert-OH is 1. The Balaban J connectivity index is 2.12. The van der Waals surface area contributed by atoms with Crippen LogP contribution in [0.4, 0.5) is 11.4 Å². The van der Waals surface area contributed by atoms with Gasteiger partial charge in [-0.05, 0) is 43.9 Å². The first-order valence-electron chi connectivity index (χ1n) is 6.34. The van der Waals surface area contributed by atoms with E-state index in [1.165, 1.54) is 0 Å². The average Bonchev–Trinajstić information content (AvgIpc) is 2.39. The molecule has 0 amide bonds. The van der Waals surface area contributed by atoms with Gasteiger partial charge in [-0.25, -0.2) is 0 Å². The van der Waals surface area contributed by atoms with E-state index >= 15 is 0 Å². The van der Waals surface area contributed by atoms with Crippen molar-refractivity contribution in [1.82, 2.24) is 0 Å². The van der Waals surface area contributed by atoms with Gasteiger partial charge >= 0.3 is 0 Å². The van der Waals surface area contributed by atoms with Gasteiger partial charge in [-0.2, -0.15) is 5.26 Å². The summed E-state index contributed by atoms with van der Waals surface area (Å²) in [4.78, 5) is 2.20. The minimum absolute atomic E-state index is 0.241. The molecule has 18 heavy (non-hydrogen) atoms. The molecule has 1 aliphatic rings. The van der Waals surface area contributed by atoms with Gasteiger partial charge in [0.2, 0.25) is 0 Å². The van der Waals surface area contributed by atoms with Crippen molar-refractivity contribution in [1.29, 1.82) is 5.26 Å². The lowest BCUT2D eigenvalue weighted by molar-refractivity contribution is 0.110. The van der Waals surface area contributed by atoms with Crippen molar-refractivity contribution in [3.63, 3.8) is 0 Å². The van der Waals surface area contributed by atoms with E-state index in [-0.39, 0.29) is 6.10 Å². The van der Waals surface area contributed by atoms with Crippen LogP contribution >= 0.6 is 0 Å². The highest BCUT2D eigenvalue weighted by atomic mass is 16.3. The molecule has 1 heterocycles. The molecule has 96 valence electrons. The molecule has 1 saturated heterocycles. The Kier molecular flexibility index (Phi) is 3.73. The zero-order valence-corrected chi connectivity index (χ0v) is 10.6. The van der Waals surface area contributed by atoms with E-state index in [0.717, 1.165) is 31.6 Å². The van der Waals surface area contributed by atoms with Gasteiger partial charge in [-0.3, -0.25) is 0 Å². The largest absolute Gasteiger partial charge is 0.397 e. The lowest BCUT2D eigenvalue weighted by Crippen LogP contribution is -2.37. The van der Waals surface area contributed by atoms with Gasteiger partial charge in [0.05, 0.1) is 29.1 Å². The van der Waals surface area contributed by atoms with Crippen LogP contribution < -0.4 is 10.6 Å². The molecule has 0 radical (unpaired) electrons. The average molecular weight is 245 g/mol. The summed E-state index contributed by atoms with van der Waals surface area (Å²) in [5.74, 6) is 0.377. The minimum atomic E-state index is -0.241. The molecule has 1 aromatic rings. The maximum atomic E-state index is 9.58. The lowest BCUT2D eigenvalue weighted by atomic mass is 9.92. The monoisotopic (exact) mass is 245 g/mol. The fraction of sp³-hybridized carbons (Fsp3) is 0.500. The summed E-state index contributed by atoms with van der Waals surface area (Å²) in [6.45, 7) is 3.62. The standard InChI is InChI=1S/C14H19N3O/c1-10(18)12-4-6-17(7-5-12)14-8-11(9-15)2-3-13(14)16/h2-3,8,10,12,18H,4-7,16H2,1H3. The third-order valence-corrected chi connectivity index (χ3v) is 3.72. The third kappa shape index (κ3) is 2.57. The molecule has 0 aromatic heterocycles. The second-order valence-electron chi connectivity index (χ2n) is 4.95. The summed E-state index contributed by atoms with van der Waals surface area (Å²) in [5, 5.41) is 18.5. The van der Waals surface area contributed by atoms with Gasteiger partial charge in [-0.15, -0.1) is 0 Å². The Morgan fingerprint density at radius 3 is 2.67 bits per heavy atom. The SMILES string of the molecule is CC(O)C1CCN(c2cc(C#N)ccc2N)CC1. The van der Waals surface area contributed by atoms with E-state index < -0.39 is 0 Å². The quantitative estimate of drug-likeness (QED) is 0.778. The fourth-order valence-electron chi connectivity index (χ4n) is 2.51. The second-order valence-corrected chi connectivity index (χ2v) is 4.95. The zero-order valence-electron chi connectivity index (χ0n) is 10.6. The Morgan fingerprint density at radius 1 is 1.44 bits per heavy atom. The predicted octanol–water partition coefficient (Wildman–Crippen LogP) is 1.74. The van der Waals surface area contributed by atoms with E-state index in [0.29, 0.717) is 17.2 Å². The molecule has 0 saturated carbocycles. The van der Waals surface area contributed by atoms with Crippen molar-refractivity contribution in [2.24, 2.45) is 5.92 Å². The summed E-state index contributed by atoms with van der Waals surface area (Å²) in [6.07, 6.45) is 1.69. The van der Waals surface area contributed by atoms with Crippen molar-refractivity contribution in [3.8, 4) is 6.07 Å². The van der Waals surface area contributed by atoms with Crippen LogP contribution in [-0.4, -0.2) is 24.3 Å². The topological polar surface area (TPSA) is 73.3 Å². The molecular formula is C14H19N3O. The van der Waals surface area contributed by atoms with Gasteiger partial charge in [-0.1, -0.05) is 0 Å².